The molecule has 86 valence electrons. The molecule has 1 N–H and O–H groups in total. The first-order valence-corrected chi connectivity index (χ1v) is 6.20. The summed E-state index contributed by atoms with van der Waals surface area (Å²) in [5.41, 5.74) is 0. The minimum absolute atomic E-state index is 0.715. The van der Waals surface area contributed by atoms with Crippen LogP contribution in [-0.2, 0) is 4.74 Å². The smallest absolute Gasteiger partial charge is 0.0622 e. The number of hydrogen-bond donors (Lipinski definition) is 1. The normalized spacial score (nSPS) is 35.6. The average Bonchev–Trinajstić information content (AvgIpc) is 2.69. The van der Waals surface area contributed by atoms with E-state index in [1.807, 2.05) is 0 Å². The van der Waals surface area contributed by atoms with Gasteiger partial charge >= 0.3 is 0 Å². The van der Waals surface area contributed by atoms with Crippen molar-refractivity contribution in [2.75, 3.05) is 52.5 Å². The van der Waals surface area contributed by atoms with Gasteiger partial charge in [-0.1, -0.05) is 0 Å². The lowest BCUT2D eigenvalue weighted by Crippen LogP contribution is -2.62. The molecular weight excluding hydrogens is 190 g/mol. The number of rotatable bonds is 2. The minimum Gasteiger partial charge on any atom is -0.380 e. The molecule has 0 spiro atoms. The summed E-state index contributed by atoms with van der Waals surface area (Å²) in [5, 5.41) is 3.35. The molecule has 0 aromatic heterocycles. The van der Waals surface area contributed by atoms with E-state index in [0.29, 0.717) is 6.04 Å². The van der Waals surface area contributed by atoms with E-state index in [-0.39, 0.29) is 0 Å². The zero-order chi connectivity index (χ0) is 10.1. The molecule has 15 heavy (non-hydrogen) atoms. The van der Waals surface area contributed by atoms with Gasteiger partial charge in [-0.15, -0.1) is 0 Å². The molecule has 0 aromatic rings. The molecule has 3 heterocycles. The fraction of sp³-hybridized carbons (Fsp3) is 1.00. The Bertz CT molecular complexity index is 206. The Hall–Kier alpha value is -0.160. The van der Waals surface area contributed by atoms with E-state index in [4.69, 9.17) is 4.74 Å². The molecule has 3 aliphatic heterocycles. The third-order valence-corrected chi connectivity index (χ3v) is 4.05. The molecule has 4 heteroatoms. The molecule has 3 rings (SSSR count). The molecule has 1 atom stereocenters. The van der Waals surface area contributed by atoms with Crippen molar-refractivity contribution in [3.63, 3.8) is 0 Å². The molecule has 4 nitrogen and oxygen atoms in total. The number of nitrogens with one attached hydrogen (secondary N) is 1. The van der Waals surface area contributed by atoms with Crippen LogP contribution in [0.4, 0.5) is 0 Å². The lowest BCUT2D eigenvalue weighted by atomic mass is 10.1. The first kappa shape index (κ1) is 10.0. The average molecular weight is 211 g/mol. The molecule has 0 bridgehead atoms. The molecule has 3 fully saturated rings. The Balaban J connectivity index is 1.47. The second kappa shape index (κ2) is 4.37. The first-order chi connectivity index (χ1) is 7.43. The molecule has 3 saturated heterocycles. The Morgan fingerprint density at radius 1 is 0.933 bits per heavy atom. The number of hydrogen-bond acceptors (Lipinski definition) is 4. The Kier molecular flexibility index (Phi) is 2.92. The summed E-state index contributed by atoms with van der Waals surface area (Å²) in [5.74, 6) is 0. The number of ether oxygens (including phenoxy) is 1. The summed E-state index contributed by atoms with van der Waals surface area (Å²) in [4.78, 5) is 5.26. The van der Waals surface area contributed by atoms with Crippen LogP contribution in [0.25, 0.3) is 0 Å². The van der Waals surface area contributed by atoms with Crippen LogP contribution in [0.5, 0.6) is 0 Å². The zero-order valence-corrected chi connectivity index (χ0v) is 9.32. The van der Waals surface area contributed by atoms with E-state index in [9.17, 15) is 0 Å². The largest absolute Gasteiger partial charge is 0.380 e. The predicted octanol–water partition coefficient (Wildman–Crippen LogP) is -0.635. The van der Waals surface area contributed by atoms with E-state index >= 15 is 0 Å². The summed E-state index contributed by atoms with van der Waals surface area (Å²) >= 11 is 0. The van der Waals surface area contributed by atoms with Gasteiger partial charge in [0.15, 0.2) is 0 Å². The van der Waals surface area contributed by atoms with E-state index in [1.165, 1.54) is 45.7 Å². The Morgan fingerprint density at radius 2 is 1.60 bits per heavy atom. The molecule has 0 saturated carbocycles. The Morgan fingerprint density at radius 3 is 2.07 bits per heavy atom. The van der Waals surface area contributed by atoms with Gasteiger partial charge in [-0.2, -0.15) is 0 Å². The lowest BCUT2D eigenvalue weighted by molar-refractivity contribution is 0.0475. The monoisotopic (exact) mass is 211 g/mol. The quantitative estimate of drug-likeness (QED) is 0.658. The van der Waals surface area contributed by atoms with Gasteiger partial charge in [0.1, 0.15) is 0 Å². The maximum absolute atomic E-state index is 5.45. The van der Waals surface area contributed by atoms with Crippen molar-refractivity contribution < 1.29 is 4.74 Å². The highest BCUT2D eigenvalue weighted by atomic mass is 16.5. The fourth-order valence-electron chi connectivity index (χ4n) is 2.81. The summed E-state index contributed by atoms with van der Waals surface area (Å²) in [6.07, 6.45) is 1.24. The summed E-state index contributed by atoms with van der Waals surface area (Å²) in [7, 11) is 0. The standard InChI is InChI=1S/C11H21N3O/c1-6-15-9-10(1)13-2-4-14(5-3-13)11-7-12-8-11/h10-12H,1-9H2. The van der Waals surface area contributed by atoms with Crippen LogP contribution in [0.1, 0.15) is 6.42 Å². The van der Waals surface area contributed by atoms with Gasteiger partial charge in [0, 0.05) is 58.0 Å². The van der Waals surface area contributed by atoms with E-state index < -0.39 is 0 Å². The highest BCUT2D eigenvalue weighted by Crippen LogP contribution is 2.16. The summed E-state index contributed by atoms with van der Waals surface area (Å²) < 4.78 is 5.45. The molecular formula is C11H21N3O. The van der Waals surface area contributed by atoms with Crippen LogP contribution < -0.4 is 5.32 Å². The maximum Gasteiger partial charge on any atom is 0.0622 e. The van der Waals surface area contributed by atoms with Crippen LogP contribution in [0.2, 0.25) is 0 Å². The SMILES string of the molecule is C1CC(N2CCN(C3CNC3)CC2)CO1. The maximum atomic E-state index is 5.45. The van der Waals surface area contributed by atoms with Crippen molar-refractivity contribution in [1.29, 1.82) is 0 Å². The highest BCUT2D eigenvalue weighted by Gasteiger charge is 2.31. The van der Waals surface area contributed by atoms with E-state index in [1.54, 1.807) is 0 Å². The molecule has 0 aliphatic carbocycles. The third kappa shape index (κ3) is 2.04. The summed E-state index contributed by atoms with van der Waals surface area (Å²) in [6.45, 7) is 9.32. The van der Waals surface area contributed by atoms with Crippen molar-refractivity contribution in [3.05, 3.63) is 0 Å². The molecule has 3 aliphatic rings. The predicted molar refractivity (Wildman–Crippen MR) is 59.0 cm³/mol. The fourth-order valence-corrected chi connectivity index (χ4v) is 2.81. The first-order valence-electron chi connectivity index (χ1n) is 6.20. The zero-order valence-electron chi connectivity index (χ0n) is 9.32. The van der Waals surface area contributed by atoms with Gasteiger partial charge in [0.25, 0.3) is 0 Å². The van der Waals surface area contributed by atoms with Gasteiger partial charge in [-0.25, -0.2) is 0 Å². The number of nitrogens with zero attached hydrogens (tertiary/aromatic N) is 2. The van der Waals surface area contributed by atoms with Gasteiger partial charge in [-0.05, 0) is 6.42 Å². The van der Waals surface area contributed by atoms with Crippen molar-refractivity contribution in [1.82, 2.24) is 15.1 Å². The topological polar surface area (TPSA) is 27.7 Å². The van der Waals surface area contributed by atoms with Crippen LogP contribution in [0, 0.1) is 0 Å². The second-order valence-corrected chi connectivity index (χ2v) is 4.90. The minimum atomic E-state index is 0.715. The lowest BCUT2D eigenvalue weighted by Gasteiger charge is -2.44. The molecule has 0 amide bonds. The van der Waals surface area contributed by atoms with Crippen LogP contribution in [-0.4, -0.2) is 74.4 Å². The third-order valence-electron chi connectivity index (χ3n) is 4.05. The second-order valence-electron chi connectivity index (χ2n) is 4.90. The van der Waals surface area contributed by atoms with Crippen LogP contribution >= 0.6 is 0 Å². The van der Waals surface area contributed by atoms with Gasteiger partial charge in [-0.3, -0.25) is 9.80 Å². The highest BCUT2D eigenvalue weighted by molar-refractivity contribution is 4.89. The van der Waals surface area contributed by atoms with Gasteiger partial charge in [0.2, 0.25) is 0 Å². The van der Waals surface area contributed by atoms with Crippen molar-refractivity contribution in [2.24, 2.45) is 0 Å². The number of piperazine rings is 1. The van der Waals surface area contributed by atoms with Crippen LogP contribution in [0.3, 0.4) is 0 Å². The summed E-state index contributed by atoms with van der Waals surface area (Å²) in [6, 6.07) is 1.54. The van der Waals surface area contributed by atoms with Crippen LogP contribution in [0.15, 0.2) is 0 Å². The van der Waals surface area contributed by atoms with Crippen molar-refractivity contribution >= 4 is 0 Å². The van der Waals surface area contributed by atoms with E-state index in [0.717, 1.165) is 19.3 Å². The van der Waals surface area contributed by atoms with Gasteiger partial charge < -0.3 is 10.1 Å². The molecule has 0 aromatic carbocycles. The molecule has 1 unspecified atom stereocenters. The van der Waals surface area contributed by atoms with Gasteiger partial charge in [0.05, 0.1) is 6.61 Å². The Labute approximate surface area is 91.6 Å². The van der Waals surface area contributed by atoms with Crippen molar-refractivity contribution in [2.45, 2.75) is 18.5 Å². The van der Waals surface area contributed by atoms with E-state index in [2.05, 4.69) is 15.1 Å². The molecule has 0 radical (unpaired) electrons. The van der Waals surface area contributed by atoms with Crippen molar-refractivity contribution in [3.8, 4) is 0 Å².